The Morgan fingerprint density at radius 1 is 1.17 bits per heavy atom. The fourth-order valence-electron chi connectivity index (χ4n) is 2.20. The number of hydrazone groups is 1. The number of hydrogen-bond acceptors (Lipinski definition) is 3. The summed E-state index contributed by atoms with van der Waals surface area (Å²) in [4.78, 5) is 21.7. The maximum Gasteiger partial charge on any atom is 0.329 e. The molecule has 0 unspecified atom stereocenters. The summed E-state index contributed by atoms with van der Waals surface area (Å²) in [5.41, 5.74) is 10.3. The fraction of sp³-hybridized carbons (Fsp3) is 0.133. The summed E-state index contributed by atoms with van der Waals surface area (Å²) in [5.74, 6) is -2.07. The van der Waals surface area contributed by atoms with E-state index in [1.165, 1.54) is 6.21 Å². The standard InChI is InChI=1S/C15H14Cl2N4O2/c1-8-3-10(7-19-20-15(23)14(18)22)9(2)21(8)13-5-11(16)4-12(17)6-13/h3-7H,1-2H3,(H2,18,22)(H,20,23)/b19-7-. The number of rotatable bonds is 3. The van der Waals surface area contributed by atoms with Gasteiger partial charge < -0.3 is 10.3 Å². The zero-order chi connectivity index (χ0) is 17.1. The highest BCUT2D eigenvalue weighted by Gasteiger charge is 2.11. The summed E-state index contributed by atoms with van der Waals surface area (Å²) in [5, 5.41) is 4.78. The Morgan fingerprint density at radius 2 is 1.78 bits per heavy atom. The summed E-state index contributed by atoms with van der Waals surface area (Å²) in [6, 6.07) is 7.12. The van der Waals surface area contributed by atoms with E-state index in [0.717, 1.165) is 22.6 Å². The molecule has 2 aromatic rings. The second-order valence-corrected chi connectivity index (χ2v) is 5.73. The number of nitrogens with one attached hydrogen (secondary N) is 1. The van der Waals surface area contributed by atoms with Gasteiger partial charge in [0.25, 0.3) is 0 Å². The van der Waals surface area contributed by atoms with Gasteiger partial charge in [0, 0.05) is 32.7 Å². The van der Waals surface area contributed by atoms with Crippen LogP contribution in [0, 0.1) is 13.8 Å². The molecule has 1 aromatic heterocycles. The first kappa shape index (κ1) is 17.1. The number of amides is 2. The van der Waals surface area contributed by atoms with Gasteiger partial charge in [0.1, 0.15) is 0 Å². The molecule has 0 atom stereocenters. The van der Waals surface area contributed by atoms with Crippen LogP contribution in [0.1, 0.15) is 17.0 Å². The molecular formula is C15H14Cl2N4O2. The van der Waals surface area contributed by atoms with Crippen LogP contribution in [-0.2, 0) is 9.59 Å². The molecule has 6 nitrogen and oxygen atoms in total. The highest BCUT2D eigenvalue weighted by atomic mass is 35.5. The first-order chi connectivity index (χ1) is 10.8. The van der Waals surface area contributed by atoms with Gasteiger partial charge in [0.15, 0.2) is 0 Å². The van der Waals surface area contributed by atoms with Gasteiger partial charge in [-0.15, -0.1) is 0 Å². The van der Waals surface area contributed by atoms with E-state index in [1.54, 1.807) is 18.2 Å². The van der Waals surface area contributed by atoms with E-state index in [0.29, 0.717) is 10.0 Å². The molecule has 0 aliphatic rings. The topological polar surface area (TPSA) is 89.5 Å². The predicted octanol–water partition coefficient (Wildman–Crippen LogP) is 2.34. The van der Waals surface area contributed by atoms with Crippen molar-refractivity contribution in [1.82, 2.24) is 9.99 Å². The molecule has 0 radical (unpaired) electrons. The van der Waals surface area contributed by atoms with Gasteiger partial charge in [-0.2, -0.15) is 5.10 Å². The molecule has 0 aliphatic carbocycles. The second-order valence-electron chi connectivity index (χ2n) is 4.85. The Kier molecular flexibility index (Phi) is 5.08. The monoisotopic (exact) mass is 352 g/mol. The lowest BCUT2D eigenvalue weighted by Gasteiger charge is -2.10. The molecule has 120 valence electrons. The molecule has 0 saturated carbocycles. The average Bonchev–Trinajstić information content (AvgIpc) is 2.72. The molecule has 8 heteroatoms. The fourth-order valence-corrected chi connectivity index (χ4v) is 2.71. The number of halogens is 2. The lowest BCUT2D eigenvalue weighted by atomic mass is 10.2. The summed E-state index contributed by atoms with van der Waals surface area (Å²) in [6.45, 7) is 3.81. The Bertz CT molecular complexity index is 792. The minimum atomic E-state index is -1.10. The Balaban J connectivity index is 2.34. The van der Waals surface area contributed by atoms with E-state index in [4.69, 9.17) is 28.9 Å². The zero-order valence-corrected chi connectivity index (χ0v) is 13.9. The van der Waals surface area contributed by atoms with Gasteiger partial charge in [-0.25, -0.2) is 5.43 Å². The van der Waals surface area contributed by atoms with Crippen LogP contribution in [0.5, 0.6) is 0 Å². The number of aryl methyl sites for hydroxylation is 1. The minimum Gasteiger partial charge on any atom is -0.361 e. The van der Waals surface area contributed by atoms with Crippen LogP contribution in [0.4, 0.5) is 0 Å². The van der Waals surface area contributed by atoms with Crippen LogP contribution in [0.25, 0.3) is 5.69 Å². The largest absolute Gasteiger partial charge is 0.361 e. The smallest absolute Gasteiger partial charge is 0.329 e. The minimum absolute atomic E-state index is 0.531. The normalized spacial score (nSPS) is 11.0. The maximum atomic E-state index is 11.1. The van der Waals surface area contributed by atoms with E-state index in [-0.39, 0.29) is 0 Å². The highest BCUT2D eigenvalue weighted by molar-refractivity contribution is 6.35. The van der Waals surface area contributed by atoms with Crippen molar-refractivity contribution in [3.63, 3.8) is 0 Å². The number of nitrogens with two attached hydrogens (primary N) is 1. The first-order valence-corrected chi connectivity index (χ1v) is 7.33. The number of primary amides is 1. The van der Waals surface area contributed by atoms with Crippen molar-refractivity contribution in [3.8, 4) is 5.69 Å². The van der Waals surface area contributed by atoms with Gasteiger partial charge in [-0.3, -0.25) is 9.59 Å². The zero-order valence-electron chi connectivity index (χ0n) is 12.4. The van der Waals surface area contributed by atoms with E-state index in [9.17, 15) is 9.59 Å². The molecule has 2 rings (SSSR count). The summed E-state index contributed by atoms with van der Waals surface area (Å²) < 4.78 is 1.95. The molecule has 2 amide bonds. The third-order valence-electron chi connectivity index (χ3n) is 3.17. The highest BCUT2D eigenvalue weighted by Crippen LogP contribution is 2.25. The van der Waals surface area contributed by atoms with Gasteiger partial charge in [-0.1, -0.05) is 23.2 Å². The number of hydrogen-bond donors (Lipinski definition) is 2. The van der Waals surface area contributed by atoms with Crippen molar-refractivity contribution in [2.75, 3.05) is 0 Å². The summed E-state index contributed by atoms with van der Waals surface area (Å²) in [7, 11) is 0. The number of carbonyl (C=O) groups is 2. The lowest BCUT2D eigenvalue weighted by Crippen LogP contribution is -2.32. The van der Waals surface area contributed by atoms with Crippen LogP contribution in [-0.4, -0.2) is 22.6 Å². The Labute approximate surface area is 142 Å². The summed E-state index contributed by atoms with van der Waals surface area (Å²) >= 11 is 12.1. The SMILES string of the molecule is Cc1cc(/C=N\NC(=O)C(N)=O)c(C)n1-c1cc(Cl)cc(Cl)c1. The molecule has 0 saturated heterocycles. The Morgan fingerprint density at radius 3 is 2.35 bits per heavy atom. The van der Waals surface area contributed by atoms with Crippen molar-refractivity contribution < 1.29 is 9.59 Å². The van der Waals surface area contributed by atoms with Crippen molar-refractivity contribution in [3.05, 3.63) is 51.3 Å². The van der Waals surface area contributed by atoms with Gasteiger partial charge in [0.2, 0.25) is 0 Å². The molecule has 0 spiro atoms. The molecule has 0 aliphatic heterocycles. The summed E-state index contributed by atoms with van der Waals surface area (Å²) in [6.07, 6.45) is 1.44. The second kappa shape index (κ2) is 6.85. The molecule has 0 bridgehead atoms. The van der Waals surface area contributed by atoms with Gasteiger partial charge >= 0.3 is 11.8 Å². The molecule has 3 N–H and O–H groups in total. The number of nitrogens with zero attached hydrogens (tertiary/aromatic N) is 2. The van der Waals surface area contributed by atoms with Crippen LogP contribution in [0.15, 0.2) is 29.4 Å². The molecule has 1 heterocycles. The van der Waals surface area contributed by atoms with Gasteiger partial charge in [-0.05, 0) is 38.1 Å². The number of benzene rings is 1. The predicted molar refractivity (Wildman–Crippen MR) is 90.2 cm³/mol. The molecule has 0 fully saturated rings. The van der Waals surface area contributed by atoms with E-state index >= 15 is 0 Å². The third-order valence-corrected chi connectivity index (χ3v) is 3.61. The molecule has 1 aromatic carbocycles. The molecular weight excluding hydrogens is 339 g/mol. The first-order valence-electron chi connectivity index (χ1n) is 6.58. The van der Waals surface area contributed by atoms with Crippen LogP contribution in [0.3, 0.4) is 0 Å². The van der Waals surface area contributed by atoms with Crippen molar-refractivity contribution in [1.29, 1.82) is 0 Å². The van der Waals surface area contributed by atoms with Crippen LogP contribution < -0.4 is 11.2 Å². The van der Waals surface area contributed by atoms with E-state index < -0.39 is 11.8 Å². The number of carbonyl (C=O) groups excluding carboxylic acids is 2. The quantitative estimate of drug-likeness (QED) is 0.504. The maximum absolute atomic E-state index is 11.1. The Hall–Kier alpha value is -2.31. The number of aromatic nitrogens is 1. The molecule has 23 heavy (non-hydrogen) atoms. The average molecular weight is 353 g/mol. The van der Waals surface area contributed by atoms with Crippen LogP contribution in [0.2, 0.25) is 10.0 Å². The lowest BCUT2D eigenvalue weighted by molar-refractivity contribution is -0.137. The van der Waals surface area contributed by atoms with E-state index in [1.807, 2.05) is 29.9 Å². The van der Waals surface area contributed by atoms with Crippen molar-refractivity contribution in [2.45, 2.75) is 13.8 Å². The van der Waals surface area contributed by atoms with Crippen LogP contribution >= 0.6 is 23.2 Å². The van der Waals surface area contributed by atoms with Crippen molar-refractivity contribution in [2.24, 2.45) is 10.8 Å². The van der Waals surface area contributed by atoms with E-state index in [2.05, 4.69) is 5.10 Å². The third kappa shape index (κ3) is 3.91. The van der Waals surface area contributed by atoms with Gasteiger partial charge in [0.05, 0.1) is 6.21 Å². The van der Waals surface area contributed by atoms with Crippen molar-refractivity contribution >= 4 is 41.2 Å².